The number of urea groups is 1. The SMILES string of the molecule is CCCCNC(=O)NC(=O)/C=C\C(=O)O. The van der Waals surface area contributed by atoms with Gasteiger partial charge in [-0.25, -0.2) is 9.59 Å². The molecule has 3 N–H and O–H groups in total. The van der Waals surface area contributed by atoms with Gasteiger partial charge in [0.15, 0.2) is 0 Å². The minimum Gasteiger partial charge on any atom is -0.478 e. The van der Waals surface area contributed by atoms with Gasteiger partial charge in [-0.3, -0.25) is 10.1 Å². The number of nitrogens with one attached hydrogen (secondary N) is 2. The van der Waals surface area contributed by atoms with Crippen LogP contribution >= 0.6 is 0 Å². The zero-order valence-electron chi connectivity index (χ0n) is 8.45. The summed E-state index contributed by atoms with van der Waals surface area (Å²) in [6.45, 7) is 2.46. The number of aliphatic carboxylic acids is 1. The predicted octanol–water partition coefficient (Wildman–Crippen LogP) is 0.253. The molecule has 0 atom stereocenters. The highest BCUT2D eigenvalue weighted by Gasteiger charge is 2.03. The summed E-state index contributed by atoms with van der Waals surface area (Å²) in [5.74, 6) is -2.00. The Hall–Kier alpha value is -1.85. The first-order chi connectivity index (χ1) is 7.06. The summed E-state index contributed by atoms with van der Waals surface area (Å²) in [7, 11) is 0. The second-order valence-electron chi connectivity index (χ2n) is 2.77. The summed E-state index contributed by atoms with van der Waals surface area (Å²) in [6, 6.07) is -0.622. The smallest absolute Gasteiger partial charge is 0.328 e. The molecule has 0 radical (unpaired) electrons. The summed E-state index contributed by atoms with van der Waals surface area (Å²) in [5, 5.41) is 12.6. The van der Waals surface area contributed by atoms with Gasteiger partial charge in [-0.15, -0.1) is 0 Å². The Morgan fingerprint density at radius 1 is 1.27 bits per heavy atom. The van der Waals surface area contributed by atoms with Crippen LogP contribution in [-0.2, 0) is 9.59 Å². The van der Waals surface area contributed by atoms with E-state index in [2.05, 4.69) is 5.32 Å². The van der Waals surface area contributed by atoms with Crippen LogP contribution in [0.25, 0.3) is 0 Å². The maximum Gasteiger partial charge on any atom is 0.328 e. The molecule has 0 bridgehead atoms. The molecule has 15 heavy (non-hydrogen) atoms. The molecule has 3 amide bonds. The molecule has 0 aromatic carbocycles. The van der Waals surface area contributed by atoms with Crippen molar-refractivity contribution < 1.29 is 19.5 Å². The van der Waals surface area contributed by atoms with Crippen LogP contribution in [0.4, 0.5) is 4.79 Å². The molecule has 6 nitrogen and oxygen atoms in total. The van der Waals surface area contributed by atoms with Gasteiger partial charge in [0.2, 0.25) is 0 Å². The molecule has 0 rings (SSSR count). The van der Waals surface area contributed by atoms with E-state index >= 15 is 0 Å². The molecule has 0 aliphatic carbocycles. The van der Waals surface area contributed by atoms with Gasteiger partial charge in [0.25, 0.3) is 5.91 Å². The lowest BCUT2D eigenvalue weighted by molar-refractivity contribution is -0.131. The van der Waals surface area contributed by atoms with Crippen LogP contribution in [0.1, 0.15) is 19.8 Å². The Bertz CT molecular complexity index is 273. The molecule has 0 aliphatic rings. The van der Waals surface area contributed by atoms with Crippen molar-refractivity contribution in [1.29, 1.82) is 0 Å². The third-order valence-electron chi connectivity index (χ3n) is 1.43. The van der Waals surface area contributed by atoms with Crippen molar-refractivity contribution in [3.63, 3.8) is 0 Å². The molecule has 0 aromatic rings. The second kappa shape index (κ2) is 7.54. The number of carbonyl (C=O) groups is 3. The average molecular weight is 214 g/mol. The standard InChI is InChI=1S/C9H14N2O4/c1-2-3-6-10-9(15)11-7(12)4-5-8(13)14/h4-5H,2-3,6H2,1H3,(H,13,14)(H2,10,11,12,15)/b5-4-. The minimum absolute atomic E-state index is 0.484. The summed E-state index contributed by atoms with van der Waals surface area (Å²) < 4.78 is 0. The number of rotatable bonds is 5. The Balaban J connectivity index is 3.76. The van der Waals surface area contributed by atoms with E-state index in [1.54, 1.807) is 0 Å². The molecule has 0 fully saturated rings. The highest BCUT2D eigenvalue weighted by molar-refractivity contribution is 6.02. The van der Waals surface area contributed by atoms with E-state index in [-0.39, 0.29) is 0 Å². The van der Waals surface area contributed by atoms with E-state index in [4.69, 9.17) is 5.11 Å². The number of amides is 3. The molecule has 84 valence electrons. The van der Waals surface area contributed by atoms with E-state index in [0.29, 0.717) is 12.6 Å². The Kier molecular flexibility index (Phi) is 6.61. The van der Waals surface area contributed by atoms with Gasteiger partial charge < -0.3 is 10.4 Å². The molecular formula is C9H14N2O4. The first-order valence-electron chi connectivity index (χ1n) is 4.56. The van der Waals surface area contributed by atoms with Crippen LogP contribution in [0.5, 0.6) is 0 Å². The number of imide groups is 1. The molecule has 0 saturated carbocycles. The van der Waals surface area contributed by atoms with Gasteiger partial charge >= 0.3 is 12.0 Å². The van der Waals surface area contributed by atoms with Crippen molar-refractivity contribution in [2.45, 2.75) is 19.8 Å². The number of carboxylic acid groups (broad SMARTS) is 1. The second-order valence-corrected chi connectivity index (χ2v) is 2.77. The van der Waals surface area contributed by atoms with E-state index in [1.807, 2.05) is 12.2 Å². The van der Waals surface area contributed by atoms with Crippen molar-refractivity contribution in [3.05, 3.63) is 12.2 Å². The third kappa shape index (κ3) is 8.48. The molecule has 0 heterocycles. The first kappa shape index (κ1) is 13.2. The molecule has 0 saturated heterocycles. The molecular weight excluding hydrogens is 200 g/mol. The Labute approximate surface area is 87.3 Å². The van der Waals surface area contributed by atoms with Crippen molar-refractivity contribution in [1.82, 2.24) is 10.6 Å². The van der Waals surface area contributed by atoms with Crippen LogP contribution in [0.2, 0.25) is 0 Å². The number of carboxylic acids is 1. The molecule has 6 heteroatoms. The highest BCUT2D eigenvalue weighted by Crippen LogP contribution is 1.82. The lowest BCUT2D eigenvalue weighted by Crippen LogP contribution is -2.39. The summed E-state index contributed by atoms with van der Waals surface area (Å²) in [4.78, 5) is 31.9. The first-order valence-corrected chi connectivity index (χ1v) is 4.56. The Morgan fingerprint density at radius 2 is 1.93 bits per heavy atom. The van der Waals surface area contributed by atoms with Gasteiger partial charge in [0.1, 0.15) is 0 Å². The van der Waals surface area contributed by atoms with Crippen LogP contribution in [-0.4, -0.2) is 29.6 Å². The minimum atomic E-state index is -1.24. The van der Waals surface area contributed by atoms with Crippen LogP contribution in [0.3, 0.4) is 0 Å². The molecule has 0 aliphatic heterocycles. The predicted molar refractivity (Wildman–Crippen MR) is 53.2 cm³/mol. The van der Waals surface area contributed by atoms with Gasteiger partial charge in [-0.2, -0.15) is 0 Å². The molecule has 0 spiro atoms. The number of unbranched alkanes of at least 4 members (excludes halogenated alkanes) is 1. The topological polar surface area (TPSA) is 95.5 Å². The fourth-order valence-electron chi connectivity index (χ4n) is 0.723. The lowest BCUT2D eigenvalue weighted by atomic mass is 10.3. The van der Waals surface area contributed by atoms with Crippen molar-refractivity contribution in [2.75, 3.05) is 6.54 Å². The summed E-state index contributed by atoms with van der Waals surface area (Å²) in [6.07, 6.45) is 3.20. The van der Waals surface area contributed by atoms with Gasteiger partial charge in [0.05, 0.1) is 0 Å². The number of hydrogen-bond acceptors (Lipinski definition) is 3. The van der Waals surface area contributed by atoms with Crippen molar-refractivity contribution in [3.8, 4) is 0 Å². The zero-order chi connectivity index (χ0) is 11.7. The number of hydrogen-bond donors (Lipinski definition) is 3. The normalized spacial score (nSPS) is 9.93. The van der Waals surface area contributed by atoms with Gasteiger partial charge in [-0.05, 0) is 6.42 Å². The zero-order valence-corrected chi connectivity index (χ0v) is 8.45. The van der Waals surface area contributed by atoms with E-state index in [1.165, 1.54) is 0 Å². The third-order valence-corrected chi connectivity index (χ3v) is 1.43. The van der Waals surface area contributed by atoms with Crippen molar-refractivity contribution >= 4 is 17.9 Å². The highest BCUT2D eigenvalue weighted by atomic mass is 16.4. The summed E-state index contributed by atoms with van der Waals surface area (Å²) in [5.41, 5.74) is 0. The lowest BCUT2D eigenvalue weighted by Gasteiger charge is -2.03. The maximum atomic E-state index is 10.9. The largest absolute Gasteiger partial charge is 0.478 e. The van der Waals surface area contributed by atoms with E-state index < -0.39 is 17.9 Å². The van der Waals surface area contributed by atoms with Gasteiger partial charge in [-0.1, -0.05) is 13.3 Å². The van der Waals surface area contributed by atoms with E-state index in [9.17, 15) is 14.4 Å². The summed E-state index contributed by atoms with van der Waals surface area (Å²) >= 11 is 0. The fourth-order valence-corrected chi connectivity index (χ4v) is 0.723. The average Bonchev–Trinajstić information content (AvgIpc) is 2.15. The molecule has 0 aromatic heterocycles. The van der Waals surface area contributed by atoms with Crippen LogP contribution < -0.4 is 10.6 Å². The van der Waals surface area contributed by atoms with E-state index in [0.717, 1.165) is 18.9 Å². The van der Waals surface area contributed by atoms with Gasteiger partial charge in [0, 0.05) is 18.7 Å². The van der Waals surface area contributed by atoms with Crippen LogP contribution in [0.15, 0.2) is 12.2 Å². The maximum absolute atomic E-state index is 10.9. The fraction of sp³-hybridized carbons (Fsp3) is 0.444. The monoisotopic (exact) mass is 214 g/mol. The Morgan fingerprint density at radius 3 is 2.47 bits per heavy atom. The quantitative estimate of drug-likeness (QED) is 0.451. The molecule has 0 unspecified atom stereocenters. The van der Waals surface area contributed by atoms with Crippen LogP contribution in [0, 0.1) is 0 Å². The number of carbonyl (C=O) groups excluding carboxylic acids is 2. The van der Waals surface area contributed by atoms with Crippen molar-refractivity contribution in [2.24, 2.45) is 0 Å².